The third-order valence-corrected chi connectivity index (χ3v) is 3.60. The zero-order valence-corrected chi connectivity index (χ0v) is 13.1. The van der Waals surface area contributed by atoms with Crippen LogP contribution in [-0.4, -0.2) is 35.8 Å². The predicted octanol–water partition coefficient (Wildman–Crippen LogP) is 2.42. The highest BCUT2D eigenvalue weighted by molar-refractivity contribution is 5.95. The lowest BCUT2D eigenvalue weighted by Crippen LogP contribution is -2.36. The molecule has 1 N–H and O–H groups in total. The van der Waals surface area contributed by atoms with Gasteiger partial charge in [0.1, 0.15) is 11.5 Å². The van der Waals surface area contributed by atoms with Crippen molar-refractivity contribution in [3.05, 3.63) is 23.2 Å². The molecule has 2 amide bonds. The molecule has 0 bridgehead atoms. The van der Waals surface area contributed by atoms with Crippen LogP contribution in [0.4, 0.5) is 0 Å². The maximum Gasteiger partial charge on any atom is 0.257 e. The lowest BCUT2D eigenvalue weighted by atomic mass is 10.2. The molecular weight excluding hydrogens is 268 g/mol. The lowest BCUT2D eigenvalue weighted by Gasteiger charge is -2.21. The van der Waals surface area contributed by atoms with E-state index in [2.05, 4.69) is 5.32 Å². The van der Waals surface area contributed by atoms with Crippen molar-refractivity contribution >= 4 is 11.8 Å². The number of nitrogens with one attached hydrogen (secondary N) is 1. The highest BCUT2D eigenvalue weighted by Gasteiger charge is 2.24. The van der Waals surface area contributed by atoms with Crippen LogP contribution in [0.1, 0.15) is 54.5 Å². The van der Waals surface area contributed by atoms with Crippen LogP contribution in [0, 0.1) is 13.8 Å². The molecule has 1 aliphatic carbocycles. The van der Waals surface area contributed by atoms with Crippen LogP contribution in [0.15, 0.2) is 10.5 Å². The number of aryl methyl sites for hydroxylation is 2. The molecule has 1 aliphatic rings. The number of furan rings is 1. The van der Waals surface area contributed by atoms with Gasteiger partial charge in [0.2, 0.25) is 5.91 Å². The largest absolute Gasteiger partial charge is 0.466 e. The van der Waals surface area contributed by atoms with Crippen molar-refractivity contribution in [3.63, 3.8) is 0 Å². The van der Waals surface area contributed by atoms with Gasteiger partial charge in [-0.25, -0.2) is 0 Å². The lowest BCUT2D eigenvalue weighted by molar-refractivity contribution is -0.121. The fraction of sp³-hybridized carbons (Fsp3) is 0.625. The van der Waals surface area contributed by atoms with Crippen LogP contribution >= 0.6 is 0 Å². The Morgan fingerprint density at radius 3 is 2.57 bits per heavy atom. The molecule has 0 atom stereocenters. The van der Waals surface area contributed by atoms with Crippen molar-refractivity contribution in [2.75, 3.05) is 13.1 Å². The Morgan fingerprint density at radius 1 is 1.33 bits per heavy atom. The van der Waals surface area contributed by atoms with Gasteiger partial charge in [0, 0.05) is 25.6 Å². The van der Waals surface area contributed by atoms with E-state index >= 15 is 0 Å². The van der Waals surface area contributed by atoms with Gasteiger partial charge in [-0.15, -0.1) is 0 Å². The minimum atomic E-state index is -0.0505. The standard InChI is InChI=1S/C16H24N2O3/c1-4-8-18(9-7-15(19)17-13-5-6-13)16(20)14-10-11(2)21-12(14)3/h10,13H,4-9H2,1-3H3,(H,17,19). The van der Waals surface area contributed by atoms with E-state index in [-0.39, 0.29) is 11.8 Å². The maximum absolute atomic E-state index is 12.6. The number of carbonyl (C=O) groups excluding carboxylic acids is 2. The summed E-state index contributed by atoms with van der Waals surface area (Å²) in [5.74, 6) is 1.36. The fourth-order valence-corrected chi connectivity index (χ4v) is 2.36. The van der Waals surface area contributed by atoms with Crippen molar-refractivity contribution in [2.45, 2.75) is 52.5 Å². The van der Waals surface area contributed by atoms with Crippen molar-refractivity contribution in [2.24, 2.45) is 0 Å². The maximum atomic E-state index is 12.6. The van der Waals surface area contributed by atoms with E-state index in [1.54, 1.807) is 17.9 Å². The summed E-state index contributed by atoms with van der Waals surface area (Å²) in [5.41, 5.74) is 0.601. The van der Waals surface area contributed by atoms with E-state index in [1.165, 1.54) is 0 Å². The Hall–Kier alpha value is -1.78. The molecule has 1 saturated carbocycles. The van der Waals surface area contributed by atoms with E-state index in [1.807, 2.05) is 13.8 Å². The highest BCUT2D eigenvalue weighted by Crippen LogP contribution is 2.19. The molecule has 0 radical (unpaired) electrons. The van der Waals surface area contributed by atoms with Gasteiger partial charge < -0.3 is 14.6 Å². The summed E-state index contributed by atoms with van der Waals surface area (Å²) in [6.07, 6.45) is 3.39. The third kappa shape index (κ3) is 4.34. The van der Waals surface area contributed by atoms with Gasteiger partial charge in [-0.1, -0.05) is 6.92 Å². The Balaban J connectivity index is 1.94. The van der Waals surface area contributed by atoms with Gasteiger partial charge in [0.25, 0.3) is 5.91 Å². The van der Waals surface area contributed by atoms with Crippen LogP contribution in [0.3, 0.4) is 0 Å². The summed E-state index contributed by atoms with van der Waals surface area (Å²) >= 11 is 0. The molecule has 5 heteroatoms. The summed E-state index contributed by atoms with van der Waals surface area (Å²) < 4.78 is 5.42. The number of rotatable bonds is 7. The molecule has 0 aromatic carbocycles. The quantitative estimate of drug-likeness (QED) is 0.839. The first-order valence-electron chi connectivity index (χ1n) is 7.67. The zero-order valence-electron chi connectivity index (χ0n) is 13.1. The van der Waals surface area contributed by atoms with Crippen LogP contribution in [0.2, 0.25) is 0 Å². The summed E-state index contributed by atoms with van der Waals surface area (Å²) in [6.45, 7) is 6.76. The molecule has 2 rings (SSSR count). The molecular formula is C16H24N2O3. The third-order valence-electron chi connectivity index (χ3n) is 3.60. The number of amides is 2. The summed E-state index contributed by atoms with van der Waals surface area (Å²) in [5, 5.41) is 2.95. The molecule has 1 heterocycles. The highest BCUT2D eigenvalue weighted by atomic mass is 16.3. The number of hydrogen-bond acceptors (Lipinski definition) is 3. The van der Waals surface area contributed by atoms with Gasteiger partial charge >= 0.3 is 0 Å². The topological polar surface area (TPSA) is 62.6 Å². The molecule has 21 heavy (non-hydrogen) atoms. The summed E-state index contributed by atoms with van der Waals surface area (Å²) in [7, 11) is 0. The second-order valence-corrected chi connectivity index (χ2v) is 5.71. The van der Waals surface area contributed by atoms with Crippen molar-refractivity contribution < 1.29 is 14.0 Å². The number of hydrogen-bond donors (Lipinski definition) is 1. The molecule has 1 fully saturated rings. The van der Waals surface area contributed by atoms with E-state index < -0.39 is 0 Å². The van der Waals surface area contributed by atoms with E-state index in [0.717, 1.165) is 25.0 Å². The molecule has 0 unspecified atom stereocenters. The molecule has 0 spiro atoms. The smallest absolute Gasteiger partial charge is 0.257 e. The molecule has 5 nitrogen and oxygen atoms in total. The van der Waals surface area contributed by atoms with Gasteiger partial charge in [0.05, 0.1) is 5.56 Å². The van der Waals surface area contributed by atoms with Crippen LogP contribution in [0.5, 0.6) is 0 Å². The Kier molecular flexibility index (Phi) is 5.04. The first-order chi connectivity index (χ1) is 10.0. The number of carbonyl (C=O) groups is 2. The SMILES string of the molecule is CCCN(CCC(=O)NC1CC1)C(=O)c1cc(C)oc1C. The molecule has 0 saturated heterocycles. The molecule has 1 aromatic heterocycles. The van der Waals surface area contributed by atoms with Gasteiger partial charge in [-0.2, -0.15) is 0 Å². The minimum absolute atomic E-state index is 0.0338. The molecule has 0 aliphatic heterocycles. The van der Waals surface area contributed by atoms with Gasteiger partial charge in [0.15, 0.2) is 0 Å². The van der Waals surface area contributed by atoms with Crippen molar-refractivity contribution in [3.8, 4) is 0 Å². The van der Waals surface area contributed by atoms with Gasteiger partial charge in [-0.3, -0.25) is 9.59 Å². The average Bonchev–Trinajstić information content (AvgIpc) is 3.17. The Morgan fingerprint density at radius 2 is 2.05 bits per heavy atom. The van der Waals surface area contributed by atoms with E-state index in [0.29, 0.717) is 36.9 Å². The van der Waals surface area contributed by atoms with Crippen LogP contribution in [0.25, 0.3) is 0 Å². The summed E-state index contributed by atoms with van der Waals surface area (Å²) in [4.78, 5) is 26.1. The van der Waals surface area contributed by atoms with Crippen molar-refractivity contribution in [1.82, 2.24) is 10.2 Å². The zero-order chi connectivity index (χ0) is 15.4. The Labute approximate surface area is 125 Å². The normalized spacial score (nSPS) is 14.0. The van der Waals surface area contributed by atoms with E-state index in [4.69, 9.17) is 4.42 Å². The predicted molar refractivity (Wildman–Crippen MR) is 80.2 cm³/mol. The molecule has 116 valence electrons. The monoisotopic (exact) mass is 292 g/mol. The number of nitrogens with zero attached hydrogens (tertiary/aromatic N) is 1. The van der Waals surface area contributed by atoms with Crippen molar-refractivity contribution in [1.29, 1.82) is 0 Å². The second kappa shape index (κ2) is 6.78. The first-order valence-corrected chi connectivity index (χ1v) is 7.67. The van der Waals surface area contributed by atoms with E-state index in [9.17, 15) is 9.59 Å². The minimum Gasteiger partial charge on any atom is -0.466 e. The summed E-state index contributed by atoms with van der Waals surface area (Å²) in [6, 6.07) is 2.14. The average molecular weight is 292 g/mol. The Bertz CT molecular complexity index is 518. The van der Waals surface area contributed by atoms with Gasteiger partial charge in [-0.05, 0) is 39.2 Å². The second-order valence-electron chi connectivity index (χ2n) is 5.71. The molecule has 1 aromatic rings. The van der Waals surface area contributed by atoms with Crippen LogP contribution in [-0.2, 0) is 4.79 Å². The van der Waals surface area contributed by atoms with Crippen LogP contribution < -0.4 is 5.32 Å². The first kappa shape index (κ1) is 15.6. The fourth-order valence-electron chi connectivity index (χ4n) is 2.36.